The average molecular weight is 231 g/mol. The van der Waals surface area contributed by atoms with Crippen molar-refractivity contribution in [1.82, 2.24) is 4.98 Å². The van der Waals surface area contributed by atoms with E-state index in [0.717, 1.165) is 16.3 Å². The summed E-state index contributed by atoms with van der Waals surface area (Å²) < 4.78 is 5.16. The standard InChI is InChI=1S/C13H13NO3/c1-17-13-11-4-2-9(3-5-12(15)16)8-10(11)6-7-14-13/h2,4,6-8H,3,5H2,1H3,(H,15,16). The second-order valence-corrected chi connectivity index (χ2v) is 3.77. The number of aromatic nitrogens is 1. The van der Waals surface area contributed by atoms with E-state index in [4.69, 9.17) is 9.84 Å². The third-order valence-electron chi connectivity index (χ3n) is 2.61. The first kappa shape index (κ1) is 11.4. The van der Waals surface area contributed by atoms with Gasteiger partial charge in [0, 0.05) is 18.0 Å². The van der Waals surface area contributed by atoms with Gasteiger partial charge in [-0.3, -0.25) is 4.79 Å². The third kappa shape index (κ3) is 2.53. The molecule has 0 bridgehead atoms. The van der Waals surface area contributed by atoms with Crippen molar-refractivity contribution in [2.24, 2.45) is 0 Å². The molecule has 0 radical (unpaired) electrons. The Hall–Kier alpha value is -2.10. The van der Waals surface area contributed by atoms with Gasteiger partial charge in [-0.2, -0.15) is 0 Å². The minimum absolute atomic E-state index is 0.147. The number of nitrogens with zero attached hydrogens (tertiary/aromatic N) is 1. The fourth-order valence-corrected chi connectivity index (χ4v) is 1.77. The molecule has 0 aliphatic heterocycles. The zero-order valence-electron chi connectivity index (χ0n) is 9.51. The van der Waals surface area contributed by atoms with E-state index >= 15 is 0 Å². The highest BCUT2D eigenvalue weighted by Crippen LogP contribution is 2.24. The van der Waals surface area contributed by atoms with Gasteiger partial charge < -0.3 is 9.84 Å². The van der Waals surface area contributed by atoms with Crippen LogP contribution in [-0.4, -0.2) is 23.2 Å². The molecule has 0 saturated carbocycles. The maximum Gasteiger partial charge on any atom is 0.303 e. The summed E-state index contributed by atoms with van der Waals surface area (Å²) >= 11 is 0. The van der Waals surface area contributed by atoms with Crippen molar-refractivity contribution in [3.05, 3.63) is 36.0 Å². The first-order chi connectivity index (χ1) is 8.20. The minimum atomic E-state index is -0.780. The molecule has 0 spiro atoms. The molecule has 0 fully saturated rings. The summed E-state index contributed by atoms with van der Waals surface area (Å²) in [6.07, 6.45) is 2.37. The van der Waals surface area contributed by atoms with E-state index < -0.39 is 5.97 Å². The van der Waals surface area contributed by atoms with Crippen LogP contribution in [0.5, 0.6) is 5.88 Å². The SMILES string of the molecule is COc1nccc2cc(CCC(=O)O)ccc12. The largest absolute Gasteiger partial charge is 0.481 e. The van der Waals surface area contributed by atoms with Crippen molar-refractivity contribution in [1.29, 1.82) is 0 Å². The van der Waals surface area contributed by atoms with E-state index in [2.05, 4.69) is 4.98 Å². The van der Waals surface area contributed by atoms with Gasteiger partial charge in [-0.05, 0) is 29.5 Å². The number of benzene rings is 1. The summed E-state index contributed by atoms with van der Waals surface area (Å²) in [6, 6.07) is 7.69. The number of fused-ring (bicyclic) bond motifs is 1. The quantitative estimate of drug-likeness (QED) is 0.876. The Morgan fingerprint density at radius 2 is 2.24 bits per heavy atom. The van der Waals surface area contributed by atoms with Gasteiger partial charge in [0.25, 0.3) is 0 Å². The zero-order chi connectivity index (χ0) is 12.3. The highest BCUT2D eigenvalue weighted by Gasteiger charge is 2.04. The first-order valence-corrected chi connectivity index (χ1v) is 5.34. The summed E-state index contributed by atoms with van der Waals surface area (Å²) in [5.74, 6) is -0.190. The number of hydrogen-bond acceptors (Lipinski definition) is 3. The molecular weight excluding hydrogens is 218 g/mol. The summed E-state index contributed by atoms with van der Waals surface area (Å²) in [4.78, 5) is 14.6. The van der Waals surface area contributed by atoms with Crippen LogP contribution in [0.2, 0.25) is 0 Å². The van der Waals surface area contributed by atoms with Gasteiger partial charge >= 0.3 is 5.97 Å². The van der Waals surface area contributed by atoms with Crippen LogP contribution in [0.4, 0.5) is 0 Å². The molecule has 0 saturated heterocycles. The van der Waals surface area contributed by atoms with Gasteiger partial charge in [-0.1, -0.05) is 12.1 Å². The molecule has 0 atom stereocenters. The van der Waals surface area contributed by atoms with E-state index in [1.807, 2.05) is 24.3 Å². The molecule has 17 heavy (non-hydrogen) atoms. The summed E-state index contributed by atoms with van der Waals surface area (Å²) in [6.45, 7) is 0. The smallest absolute Gasteiger partial charge is 0.303 e. The van der Waals surface area contributed by atoms with Crippen molar-refractivity contribution in [3.63, 3.8) is 0 Å². The lowest BCUT2D eigenvalue weighted by atomic mass is 10.1. The van der Waals surface area contributed by atoms with Crippen molar-refractivity contribution in [2.75, 3.05) is 7.11 Å². The number of carboxylic acids is 1. The molecule has 1 heterocycles. The van der Waals surface area contributed by atoms with Crippen molar-refractivity contribution < 1.29 is 14.6 Å². The zero-order valence-corrected chi connectivity index (χ0v) is 9.51. The normalized spacial score (nSPS) is 10.4. The molecule has 0 unspecified atom stereocenters. The van der Waals surface area contributed by atoms with Crippen molar-refractivity contribution in [2.45, 2.75) is 12.8 Å². The van der Waals surface area contributed by atoms with Crippen LogP contribution in [0.1, 0.15) is 12.0 Å². The summed E-state index contributed by atoms with van der Waals surface area (Å²) in [5, 5.41) is 10.6. The predicted octanol–water partition coefficient (Wildman–Crippen LogP) is 2.26. The fraction of sp³-hybridized carbons (Fsp3) is 0.231. The molecule has 1 aromatic carbocycles. The number of methoxy groups -OCH3 is 1. The van der Waals surface area contributed by atoms with Gasteiger partial charge in [0.15, 0.2) is 0 Å². The van der Waals surface area contributed by atoms with E-state index in [9.17, 15) is 4.79 Å². The minimum Gasteiger partial charge on any atom is -0.481 e. The second kappa shape index (κ2) is 4.82. The molecule has 0 aliphatic rings. The van der Waals surface area contributed by atoms with Gasteiger partial charge in [0.2, 0.25) is 5.88 Å². The van der Waals surface area contributed by atoms with Crippen LogP contribution >= 0.6 is 0 Å². The van der Waals surface area contributed by atoms with Gasteiger partial charge in [-0.25, -0.2) is 4.98 Å². The molecule has 4 heteroatoms. The Morgan fingerprint density at radius 3 is 2.94 bits per heavy atom. The Bertz CT molecular complexity index is 551. The highest BCUT2D eigenvalue weighted by atomic mass is 16.5. The van der Waals surface area contributed by atoms with Crippen molar-refractivity contribution in [3.8, 4) is 5.88 Å². The van der Waals surface area contributed by atoms with Crippen LogP contribution in [0.25, 0.3) is 10.8 Å². The Kier molecular flexibility index (Phi) is 3.23. The number of hydrogen-bond donors (Lipinski definition) is 1. The van der Waals surface area contributed by atoms with Crippen LogP contribution in [0.3, 0.4) is 0 Å². The Balaban J connectivity index is 2.34. The lowest BCUT2D eigenvalue weighted by Crippen LogP contribution is -1.97. The second-order valence-electron chi connectivity index (χ2n) is 3.77. The van der Waals surface area contributed by atoms with Crippen LogP contribution < -0.4 is 4.74 Å². The molecule has 0 amide bonds. The maximum atomic E-state index is 10.5. The number of carboxylic acid groups (broad SMARTS) is 1. The molecule has 88 valence electrons. The van der Waals surface area contributed by atoms with Gasteiger partial charge in [0.1, 0.15) is 0 Å². The highest BCUT2D eigenvalue weighted by molar-refractivity contribution is 5.87. The fourth-order valence-electron chi connectivity index (χ4n) is 1.77. The van der Waals surface area contributed by atoms with Gasteiger partial charge in [-0.15, -0.1) is 0 Å². The third-order valence-corrected chi connectivity index (χ3v) is 2.61. The number of rotatable bonds is 4. The predicted molar refractivity (Wildman–Crippen MR) is 64.3 cm³/mol. The molecular formula is C13H13NO3. The number of ether oxygens (including phenoxy) is 1. The number of pyridine rings is 1. The maximum absolute atomic E-state index is 10.5. The van der Waals surface area contributed by atoms with Crippen molar-refractivity contribution >= 4 is 16.7 Å². The van der Waals surface area contributed by atoms with E-state index in [1.54, 1.807) is 13.3 Å². The lowest BCUT2D eigenvalue weighted by Gasteiger charge is -2.05. The number of aryl methyl sites for hydroxylation is 1. The Morgan fingerprint density at radius 1 is 1.41 bits per heavy atom. The summed E-state index contributed by atoms with van der Waals surface area (Å²) in [5.41, 5.74) is 1.01. The topological polar surface area (TPSA) is 59.4 Å². The Labute approximate surface area is 98.9 Å². The van der Waals surface area contributed by atoms with Crippen LogP contribution in [0.15, 0.2) is 30.5 Å². The molecule has 2 rings (SSSR count). The molecule has 1 aromatic heterocycles. The molecule has 2 aromatic rings. The average Bonchev–Trinajstić information content (AvgIpc) is 2.35. The number of aliphatic carboxylic acids is 1. The molecule has 1 N–H and O–H groups in total. The van der Waals surface area contributed by atoms with E-state index in [0.29, 0.717) is 12.3 Å². The first-order valence-electron chi connectivity index (χ1n) is 5.34. The molecule has 0 aliphatic carbocycles. The van der Waals surface area contributed by atoms with E-state index in [-0.39, 0.29) is 6.42 Å². The van der Waals surface area contributed by atoms with Gasteiger partial charge in [0.05, 0.1) is 7.11 Å². The lowest BCUT2D eigenvalue weighted by molar-refractivity contribution is -0.136. The number of carbonyl (C=O) groups is 1. The van der Waals surface area contributed by atoms with E-state index in [1.165, 1.54) is 0 Å². The monoisotopic (exact) mass is 231 g/mol. The summed E-state index contributed by atoms with van der Waals surface area (Å²) in [7, 11) is 1.58. The van der Waals surface area contributed by atoms with Crippen LogP contribution in [0, 0.1) is 0 Å². The molecule has 4 nitrogen and oxygen atoms in total. The van der Waals surface area contributed by atoms with Crippen LogP contribution in [-0.2, 0) is 11.2 Å².